The number of hydrogen-bond donors (Lipinski definition) is 0. The van der Waals surface area contributed by atoms with E-state index in [2.05, 4.69) is 11.9 Å². The Kier molecular flexibility index (Phi) is 5.74. The summed E-state index contributed by atoms with van der Waals surface area (Å²) in [5.41, 5.74) is 1.44. The zero-order chi connectivity index (χ0) is 20.5. The van der Waals surface area contributed by atoms with E-state index < -0.39 is 0 Å². The Morgan fingerprint density at radius 2 is 1.93 bits per heavy atom. The van der Waals surface area contributed by atoms with Crippen molar-refractivity contribution in [3.8, 4) is 0 Å². The monoisotopic (exact) mass is 399 g/mol. The van der Waals surface area contributed by atoms with Crippen LogP contribution >= 0.6 is 0 Å². The number of carbonyl (C=O) groups is 2. The molecule has 1 atom stereocenters. The average Bonchev–Trinajstić information content (AvgIpc) is 3.65. The first-order valence-electron chi connectivity index (χ1n) is 11.1. The van der Waals surface area contributed by atoms with Gasteiger partial charge in [-0.25, -0.2) is 9.97 Å². The molecule has 29 heavy (non-hydrogen) atoms. The van der Waals surface area contributed by atoms with Crippen molar-refractivity contribution in [2.24, 2.45) is 11.8 Å². The number of aromatic nitrogens is 2. The first kappa shape index (κ1) is 20.1. The molecule has 4 rings (SSSR count). The quantitative estimate of drug-likeness (QED) is 0.672. The van der Waals surface area contributed by atoms with E-state index in [-0.39, 0.29) is 23.7 Å². The van der Waals surface area contributed by atoms with Gasteiger partial charge in [-0.05, 0) is 44.4 Å². The second kappa shape index (κ2) is 8.28. The lowest BCUT2D eigenvalue weighted by Gasteiger charge is -2.25. The number of likely N-dealkylation sites (tertiary alicyclic amines) is 1. The molecule has 1 saturated heterocycles. The molecule has 2 saturated carbocycles. The predicted octanol–water partition coefficient (Wildman–Crippen LogP) is 2.53. The van der Waals surface area contributed by atoms with Gasteiger partial charge in [-0.3, -0.25) is 9.59 Å². The molecule has 7 nitrogen and oxygen atoms in total. The molecule has 3 aliphatic rings. The minimum Gasteiger partial charge on any atom is -0.347 e. The predicted molar refractivity (Wildman–Crippen MR) is 112 cm³/mol. The normalized spacial score (nSPS) is 21.3. The molecule has 2 heterocycles. The SMILES string of the molecule is CCCN(CC1CC1)C(=O)c1cnc(N(C)C)nc1C1CCN(C(=O)C2CC2)C1. The highest BCUT2D eigenvalue weighted by Crippen LogP contribution is 2.36. The van der Waals surface area contributed by atoms with Crippen molar-refractivity contribution >= 4 is 17.8 Å². The topological polar surface area (TPSA) is 69.6 Å². The molecule has 158 valence electrons. The molecule has 1 aromatic rings. The zero-order valence-corrected chi connectivity index (χ0v) is 17.9. The van der Waals surface area contributed by atoms with E-state index >= 15 is 0 Å². The second-order valence-corrected chi connectivity index (χ2v) is 9.10. The van der Waals surface area contributed by atoms with Crippen molar-refractivity contribution in [3.05, 3.63) is 17.5 Å². The summed E-state index contributed by atoms with van der Waals surface area (Å²) >= 11 is 0. The molecule has 0 bridgehead atoms. The molecular weight excluding hydrogens is 366 g/mol. The van der Waals surface area contributed by atoms with Crippen LogP contribution in [0.5, 0.6) is 0 Å². The third kappa shape index (κ3) is 4.54. The van der Waals surface area contributed by atoms with Crippen LogP contribution in [0.1, 0.15) is 67.4 Å². The van der Waals surface area contributed by atoms with Gasteiger partial charge in [0.2, 0.25) is 11.9 Å². The molecule has 1 aromatic heterocycles. The molecule has 0 N–H and O–H groups in total. The van der Waals surface area contributed by atoms with Crippen LogP contribution in [0, 0.1) is 11.8 Å². The van der Waals surface area contributed by atoms with Crippen molar-refractivity contribution in [2.45, 2.75) is 51.4 Å². The molecule has 1 unspecified atom stereocenters. The summed E-state index contributed by atoms with van der Waals surface area (Å²) < 4.78 is 0. The highest BCUT2D eigenvalue weighted by molar-refractivity contribution is 5.95. The fourth-order valence-corrected chi connectivity index (χ4v) is 4.18. The lowest BCUT2D eigenvalue weighted by Crippen LogP contribution is -2.35. The first-order valence-corrected chi connectivity index (χ1v) is 11.1. The molecule has 0 spiro atoms. The van der Waals surface area contributed by atoms with Gasteiger partial charge in [0.1, 0.15) is 0 Å². The van der Waals surface area contributed by atoms with Gasteiger partial charge in [-0.15, -0.1) is 0 Å². The van der Waals surface area contributed by atoms with Crippen molar-refractivity contribution in [1.29, 1.82) is 0 Å². The van der Waals surface area contributed by atoms with Crippen LogP contribution in [0.3, 0.4) is 0 Å². The highest BCUT2D eigenvalue weighted by atomic mass is 16.2. The van der Waals surface area contributed by atoms with E-state index in [9.17, 15) is 9.59 Å². The Bertz CT molecular complexity index is 772. The lowest BCUT2D eigenvalue weighted by molar-refractivity contribution is -0.131. The van der Waals surface area contributed by atoms with Crippen LogP contribution in [0.15, 0.2) is 6.20 Å². The fourth-order valence-electron chi connectivity index (χ4n) is 4.18. The van der Waals surface area contributed by atoms with Crippen molar-refractivity contribution in [1.82, 2.24) is 19.8 Å². The minimum absolute atomic E-state index is 0.0472. The van der Waals surface area contributed by atoms with Crippen molar-refractivity contribution in [3.63, 3.8) is 0 Å². The average molecular weight is 400 g/mol. The molecule has 0 radical (unpaired) electrons. The van der Waals surface area contributed by atoms with Crippen LogP contribution in [0.2, 0.25) is 0 Å². The van der Waals surface area contributed by atoms with Gasteiger partial charge in [0, 0.05) is 58.3 Å². The molecule has 3 fully saturated rings. The molecule has 1 aliphatic heterocycles. The van der Waals surface area contributed by atoms with Gasteiger partial charge in [0.05, 0.1) is 11.3 Å². The van der Waals surface area contributed by atoms with Gasteiger partial charge in [-0.2, -0.15) is 0 Å². The summed E-state index contributed by atoms with van der Waals surface area (Å²) in [6.45, 7) is 5.13. The highest BCUT2D eigenvalue weighted by Gasteiger charge is 2.38. The standard InChI is InChI=1S/C22H33N5O2/c1-4-10-26(13-15-5-6-15)21(29)18-12-23-22(25(2)3)24-19(18)17-9-11-27(14-17)20(28)16-7-8-16/h12,15-17H,4-11,13-14H2,1-3H3. The van der Waals surface area contributed by atoms with E-state index in [0.717, 1.165) is 51.0 Å². The number of carbonyl (C=O) groups excluding carboxylic acids is 2. The minimum atomic E-state index is 0.0472. The fraction of sp³-hybridized carbons (Fsp3) is 0.727. The van der Waals surface area contributed by atoms with Crippen LogP contribution in [0.25, 0.3) is 0 Å². The summed E-state index contributed by atoms with van der Waals surface area (Å²) in [5.74, 6) is 1.93. The zero-order valence-electron chi connectivity index (χ0n) is 17.9. The Morgan fingerprint density at radius 1 is 1.17 bits per heavy atom. The number of anilines is 1. The maximum atomic E-state index is 13.4. The summed E-state index contributed by atoms with van der Waals surface area (Å²) in [5, 5.41) is 0. The largest absolute Gasteiger partial charge is 0.347 e. The van der Waals surface area contributed by atoms with E-state index in [4.69, 9.17) is 4.98 Å². The Labute approximate surface area is 173 Å². The summed E-state index contributed by atoms with van der Waals surface area (Å²) in [6.07, 6.45) is 8.00. The molecule has 2 amide bonds. The maximum absolute atomic E-state index is 13.4. The molecule has 7 heteroatoms. The molecular formula is C22H33N5O2. The van der Waals surface area contributed by atoms with Gasteiger partial charge in [0.15, 0.2) is 0 Å². The first-order chi connectivity index (χ1) is 14.0. The smallest absolute Gasteiger partial charge is 0.257 e. The maximum Gasteiger partial charge on any atom is 0.257 e. The van der Waals surface area contributed by atoms with Gasteiger partial charge in [-0.1, -0.05) is 6.92 Å². The number of amides is 2. The number of rotatable bonds is 8. The Hall–Kier alpha value is -2.18. The van der Waals surface area contributed by atoms with Gasteiger partial charge < -0.3 is 14.7 Å². The van der Waals surface area contributed by atoms with Gasteiger partial charge >= 0.3 is 0 Å². The summed E-state index contributed by atoms with van der Waals surface area (Å²) in [7, 11) is 3.82. The van der Waals surface area contributed by atoms with E-state index in [1.807, 2.05) is 28.8 Å². The summed E-state index contributed by atoms with van der Waals surface area (Å²) in [6, 6.07) is 0. The molecule has 2 aliphatic carbocycles. The van der Waals surface area contributed by atoms with E-state index in [1.54, 1.807) is 6.20 Å². The Morgan fingerprint density at radius 3 is 2.55 bits per heavy atom. The van der Waals surface area contributed by atoms with Crippen LogP contribution < -0.4 is 4.90 Å². The van der Waals surface area contributed by atoms with E-state index in [0.29, 0.717) is 24.0 Å². The van der Waals surface area contributed by atoms with Crippen LogP contribution in [-0.2, 0) is 4.79 Å². The lowest BCUT2D eigenvalue weighted by atomic mass is 9.99. The van der Waals surface area contributed by atoms with Crippen molar-refractivity contribution < 1.29 is 9.59 Å². The van der Waals surface area contributed by atoms with Gasteiger partial charge in [0.25, 0.3) is 5.91 Å². The summed E-state index contributed by atoms with van der Waals surface area (Å²) in [4.78, 5) is 41.0. The van der Waals surface area contributed by atoms with Crippen molar-refractivity contribution in [2.75, 3.05) is 45.2 Å². The second-order valence-electron chi connectivity index (χ2n) is 9.10. The Balaban J connectivity index is 1.59. The van der Waals surface area contributed by atoms with E-state index in [1.165, 1.54) is 12.8 Å². The third-order valence-corrected chi connectivity index (χ3v) is 6.21. The van der Waals surface area contributed by atoms with Crippen LogP contribution in [0.4, 0.5) is 5.95 Å². The number of nitrogens with zero attached hydrogens (tertiary/aromatic N) is 5. The third-order valence-electron chi connectivity index (χ3n) is 6.21. The number of hydrogen-bond acceptors (Lipinski definition) is 5. The van der Waals surface area contributed by atoms with Crippen LogP contribution in [-0.4, -0.2) is 71.9 Å². The molecule has 0 aromatic carbocycles.